The zero-order chi connectivity index (χ0) is 32.4. The maximum absolute atomic E-state index is 13.0. The molecule has 1 aliphatic heterocycles. The first-order valence-corrected chi connectivity index (χ1v) is 17.0. The molecule has 0 aliphatic carbocycles. The molecule has 0 amide bonds. The van der Waals surface area contributed by atoms with E-state index in [0.717, 1.165) is 22.8 Å². The van der Waals surface area contributed by atoms with Gasteiger partial charge in [-0.1, -0.05) is 57.7 Å². The number of aliphatic carboxylic acids is 2. The Hall–Kier alpha value is -2.95. The van der Waals surface area contributed by atoms with E-state index in [2.05, 4.69) is 51.0 Å². The minimum absolute atomic E-state index is 0.240. The number of anilines is 1. The molecule has 10 heteroatoms. The van der Waals surface area contributed by atoms with E-state index in [9.17, 15) is 13.8 Å². The van der Waals surface area contributed by atoms with Crippen molar-refractivity contribution in [2.45, 2.75) is 70.1 Å². The molecule has 1 aliphatic rings. The maximum Gasteiger partial charge on any atom is 0.317 e. The number of para-hydroxylation sites is 1. The van der Waals surface area contributed by atoms with Crippen LogP contribution in [0.15, 0.2) is 53.4 Å². The molecular formula is C34H52N2O7S. The first-order valence-electron chi connectivity index (χ1n) is 15.7. The molecular weight excluding hydrogens is 580 g/mol. The predicted molar refractivity (Wildman–Crippen MR) is 176 cm³/mol. The first kappa shape index (κ1) is 37.2. The Kier molecular flexibility index (Phi) is 17.1. The van der Waals surface area contributed by atoms with Crippen LogP contribution in [0.1, 0.15) is 64.4 Å². The lowest BCUT2D eigenvalue weighted by atomic mass is 9.75. The molecule has 1 atom stereocenters. The Morgan fingerprint density at radius 2 is 1.55 bits per heavy atom. The third-order valence-electron chi connectivity index (χ3n) is 7.80. The molecule has 0 bridgehead atoms. The third-order valence-corrected chi connectivity index (χ3v) is 9.56. The van der Waals surface area contributed by atoms with Crippen LogP contribution in [0.4, 0.5) is 5.69 Å². The lowest BCUT2D eigenvalue weighted by Gasteiger charge is -2.32. The summed E-state index contributed by atoms with van der Waals surface area (Å²) in [5.74, 6) is -0.520. The third kappa shape index (κ3) is 13.8. The number of nitrogens with zero attached hydrogens (tertiary/aromatic N) is 2. The molecule has 1 heterocycles. The summed E-state index contributed by atoms with van der Waals surface area (Å²) < 4.78 is 23.7. The van der Waals surface area contributed by atoms with E-state index in [1.165, 1.54) is 61.1 Å². The normalized spacial score (nSPS) is 15.4. The second-order valence-corrected chi connectivity index (χ2v) is 13.1. The minimum Gasteiger partial charge on any atom is -0.491 e. The van der Waals surface area contributed by atoms with Crippen molar-refractivity contribution < 1.29 is 33.5 Å². The standard InChI is InChI=1S/C20H33NOS.C14H19NO6/c1-5-7-12-20(13-8-6-2)14-11-17-15-18(21(3)4)9-10-19(17)23(22)16-20;16-13(17)10-15(11-14(18)19)6-7-20-8-9-21-12-4-2-1-3-5-12/h9-10,15H,5-8,11-14,16H2,1-4H3;1-5H,6-11H2,(H,16,17)(H,18,19). The molecule has 0 aromatic heterocycles. The number of hydrogen-bond acceptors (Lipinski definition) is 7. The van der Waals surface area contributed by atoms with Crippen molar-refractivity contribution in [2.75, 3.05) is 64.2 Å². The highest BCUT2D eigenvalue weighted by atomic mass is 32.2. The van der Waals surface area contributed by atoms with Gasteiger partial charge in [-0.05, 0) is 67.0 Å². The van der Waals surface area contributed by atoms with Gasteiger partial charge in [0.2, 0.25) is 0 Å². The average Bonchev–Trinajstić information content (AvgIpc) is 3.13. The van der Waals surface area contributed by atoms with Gasteiger partial charge in [0.1, 0.15) is 12.4 Å². The quantitative estimate of drug-likeness (QED) is 0.199. The van der Waals surface area contributed by atoms with Gasteiger partial charge in [-0.15, -0.1) is 0 Å². The molecule has 2 aromatic rings. The fourth-order valence-electron chi connectivity index (χ4n) is 5.34. The molecule has 44 heavy (non-hydrogen) atoms. The fraction of sp³-hybridized carbons (Fsp3) is 0.588. The lowest BCUT2D eigenvalue weighted by Crippen LogP contribution is -2.37. The molecule has 2 aromatic carbocycles. The summed E-state index contributed by atoms with van der Waals surface area (Å²) in [5, 5.41) is 17.3. The summed E-state index contributed by atoms with van der Waals surface area (Å²) in [6, 6.07) is 15.8. The molecule has 246 valence electrons. The van der Waals surface area contributed by atoms with Crippen LogP contribution >= 0.6 is 0 Å². The molecule has 3 rings (SSSR count). The predicted octanol–water partition coefficient (Wildman–Crippen LogP) is 5.73. The van der Waals surface area contributed by atoms with Gasteiger partial charge in [0.25, 0.3) is 0 Å². The number of rotatable bonds is 18. The highest BCUT2D eigenvalue weighted by Crippen LogP contribution is 2.41. The van der Waals surface area contributed by atoms with E-state index in [1.807, 2.05) is 30.3 Å². The van der Waals surface area contributed by atoms with Crippen molar-refractivity contribution in [1.82, 2.24) is 4.90 Å². The molecule has 1 unspecified atom stereocenters. The number of unbranched alkanes of at least 4 members (excludes halogenated alkanes) is 2. The van der Waals surface area contributed by atoms with Crippen LogP contribution in [0.3, 0.4) is 0 Å². The Balaban J connectivity index is 0.000000308. The average molecular weight is 633 g/mol. The Labute approximate surface area is 266 Å². The van der Waals surface area contributed by atoms with E-state index in [0.29, 0.717) is 13.2 Å². The first-order chi connectivity index (χ1) is 21.1. The smallest absolute Gasteiger partial charge is 0.317 e. The highest BCUT2D eigenvalue weighted by molar-refractivity contribution is 7.85. The molecule has 0 saturated carbocycles. The molecule has 0 radical (unpaired) electrons. The van der Waals surface area contributed by atoms with E-state index < -0.39 is 22.7 Å². The largest absolute Gasteiger partial charge is 0.491 e. The zero-order valence-electron chi connectivity index (χ0n) is 27.0. The van der Waals surface area contributed by atoms with Crippen molar-refractivity contribution in [3.8, 4) is 5.75 Å². The van der Waals surface area contributed by atoms with E-state index in [4.69, 9.17) is 19.7 Å². The fourth-order valence-corrected chi connectivity index (χ4v) is 7.16. The zero-order valence-corrected chi connectivity index (χ0v) is 27.8. The number of benzene rings is 2. The van der Waals surface area contributed by atoms with Crippen LogP contribution in [0.5, 0.6) is 5.75 Å². The maximum atomic E-state index is 13.0. The number of carbonyl (C=O) groups is 2. The van der Waals surface area contributed by atoms with Crippen molar-refractivity contribution in [3.05, 3.63) is 54.1 Å². The van der Waals surface area contributed by atoms with E-state index >= 15 is 0 Å². The topological polar surface area (TPSA) is 117 Å². The summed E-state index contributed by atoms with van der Waals surface area (Å²) >= 11 is 0. The van der Waals surface area contributed by atoms with Gasteiger partial charge >= 0.3 is 11.9 Å². The lowest BCUT2D eigenvalue weighted by molar-refractivity contribution is -0.142. The monoisotopic (exact) mass is 632 g/mol. The number of carboxylic acid groups (broad SMARTS) is 2. The number of hydrogen-bond donors (Lipinski definition) is 2. The van der Waals surface area contributed by atoms with Crippen LogP contribution in [0.2, 0.25) is 0 Å². The van der Waals surface area contributed by atoms with Gasteiger partial charge in [-0.3, -0.25) is 18.7 Å². The number of carboxylic acids is 2. The Morgan fingerprint density at radius 1 is 0.909 bits per heavy atom. The van der Waals surface area contributed by atoms with Crippen molar-refractivity contribution in [3.63, 3.8) is 0 Å². The Bertz CT molecular complexity index is 1140. The number of ether oxygens (including phenoxy) is 2. The van der Waals surface area contributed by atoms with Gasteiger partial charge in [0.05, 0.1) is 37.1 Å². The van der Waals surface area contributed by atoms with Gasteiger partial charge < -0.3 is 24.6 Å². The molecule has 2 N–H and O–H groups in total. The van der Waals surface area contributed by atoms with Crippen LogP contribution < -0.4 is 9.64 Å². The van der Waals surface area contributed by atoms with Crippen LogP contribution in [0, 0.1) is 5.41 Å². The van der Waals surface area contributed by atoms with Gasteiger partial charge in [-0.25, -0.2) is 0 Å². The van der Waals surface area contributed by atoms with Gasteiger partial charge in [-0.2, -0.15) is 0 Å². The molecule has 0 spiro atoms. The number of aryl methyl sites for hydroxylation is 1. The van der Waals surface area contributed by atoms with E-state index in [-0.39, 0.29) is 31.7 Å². The Morgan fingerprint density at radius 3 is 2.11 bits per heavy atom. The second-order valence-electron chi connectivity index (χ2n) is 11.7. The van der Waals surface area contributed by atoms with E-state index in [1.54, 1.807) is 0 Å². The van der Waals surface area contributed by atoms with Crippen LogP contribution in [0.25, 0.3) is 0 Å². The summed E-state index contributed by atoms with van der Waals surface area (Å²) in [7, 11) is 3.29. The number of fused-ring (bicyclic) bond motifs is 1. The van der Waals surface area contributed by atoms with Crippen LogP contribution in [-0.4, -0.2) is 90.6 Å². The second kappa shape index (κ2) is 20.2. The molecule has 9 nitrogen and oxygen atoms in total. The summed E-state index contributed by atoms with van der Waals surface area (Å²) in [5.41, 5.74) is 2.81. The molecule has 0 saturated heterocycles. The van der Waals surface area contributed by atoms with Crippen LogP contribution in [-0.2, 0) is 31.5 Å². The van der Waals surface area contributed by atoms with Gasteiger partial charge in [0, 0.05) is 37.0 Å². The SMILES string of the molecule is CCCCC1(CCCC)CCc2cc(N(C)C)ccc2S(=O)C1.O=C(O)CN(CCOCCOc1ccccc1)CC(=O)O. The molecule has 0 fully saturated rings. The summed E-state index contributed by atoms with van der Waals surface area (Å²) in [6.07, 6.45) is 9.75. The van der Waals surface area contributed by atoms with Crippen molar-refractivity contribution in [1.29, 1.82) is 0 Å². The summed E-state index contributed by atoms with van der Waals surface area (Å²) in [6.45, 7) is 5.10. The summed E-state index contributed by atoms with van der Waals surface area (Å²) in [4.78, 5) is 25.7. The van der Waals surface area contributed by atoms with Gasteiger partial charge in [0.15, 0.2) is 0 Å². The van der Waals surface area contributed by atoms with Crippen molar-refractivity contribution >= 4 is 28.4 Å². The van der Waals surface area contributed by atoms with Crippen molar-refractivity contribution in [2.24, 2.45) is 5.41 Å². The highest BCUT2D eigenvalue weighted by Gasteiger charge is 2.34. The minimum atomic E-state index is -1.07.